The lowest BCUT2D eigenvalue weighted by molar-refractivity contribution is -0.145. The summed E-state index contributed by atoms with van der Waals surface area (Å²) < 4.78 is 12.5. The fraction of sp³-hybridized carbons (Fsp3) is 0.156. The molecule has 8 nitrogen and oxygen atoms in total. The van der Waals surface area contributed by atoms with Gasteiger partial charge in [-0.15, -0.1) is 0 Å². The molecule has 0 aliphatic rings. The minimum Gasteiger partial charge on any atom is -0.496 e. The number of amides is 1. The Morgan fingerprint density at radius 1 is 0.925 bits per heavy atom. The normalized spacial score (nSPS) is 10.8. The van der Waals surface area contributed by atoms with Crippen LogP contribution in [0.2, 0.25) is 0 Å². The number of carbonyl (C=O) groups is 2. The predicted molar refractivity (Wildman–Crippen MR) is 157 cm³/mol. The number of imidazole rings is 1. The Kier molecular flexibility index (Phi) is 8.06. The topological polar surface area (TPSA) is 94.5 Å². The first kappa shape index (κ1) is 26.5. The third-order valence-corrected chi connectivity index (χ3v) is 6.47. The van der Waals surface area contributed by atoms with Crippen LogP contribution in [-0.4, -0.2) is 35.1 Å². The molecule has 8 heteroatoms. The van der Waals surface area contributed by atoms with E-state index in [1.54, 1.807) is 20.2 Å². The van der Waals surface area contributed by atoms with Crippen LogP contribution in [-0.2, 0) is 20.9 Å². The maximum absolute atomic E-state index is 12.7. The average Bonchev–Trinajstić information content (AvgIpc) is 3.43. The van der Waals surface area contributed by atoms with E-state index in [2.05, 4.69) is 20.2 Å². The standard InChI is InChI=1S/C32H30N4O4/c1-3-40-30(38)20-29(37)35-31-26-10-6-4-8-22(26)14-17-27(31)34-25-15-12-23(13-16-25)32-33-18-19-36(32)21-24-9-5-7-11-28(24)39-2/h4-19,34H,3,20-21H2,1-2H3,(H,35,37). The molecule has 0 bridgehead atoms. The van der Waals surface area contributed by atoms with Crippen molar-refractivity contribution >= 4 is 39.7 Å². The van der Waals surface area contributed by atoms with Crippen molar-refractivity contribution in [3.8, 4) is 17.1 Å². The van der Waals surface area contributed by atoms with E-state index in [1.807, 2.05) is 91.1 Å². The molecule has 0 fully saturated rings. The molecule has 2 N–H and O–H groups in total. The lowest BCUT2D eigenvalue weighted by Crippen LogP contribution is -2.19. The third kappa shape index (κ3) is 5.96. The Morgan fingerprint density at radius 3 is 2.50 bits per heavy atom. The molecule has 40 heavy (non-hydrogen) atoms. The van der Waals surface area contributed by atoms with Crippen molar-refractivity contribution in [3.63, 3.8) is 0 Å². The van der Waals surface area contributed by atoms with E-state index in [9.17, 15) is 9.59 Å². The molecule has 0 unspecified atom stereocenters. The number of fused-ring (bicyclic) bond motifs is 1. The molecular formula is C32H30N4O4. The zero-order valence-electron chi connectivity index (χ0n) is 22.4. The number of rotatable bonds is 10. The largest absolute Gasteiger partial charge is 0.496 e. The van der Waals surface area contributed by atoms with Gasteiger partial charge in [-0.1, -0.05) is 48.5 Å². The molecule has 0 saturated carbocycles. The fourth-order valence-electron chi connectivity index (χ4n) is 4.61. The highest BCUT2D eigenvalue weighted by Crippen LogP contribution is 2.34. The number of aromatic nitrogens is 2. The molecule has 0 atom stereocenters. The molecule has 1 amide bonds. The number of para-hydroxylation sites is 1. The number of nitrogens with one attached hydrogen (secondary N) is 2. The summed E-state index contributed by atoms with van der Waals surface area (Å²) in [5.41, 5.74) is 4.18. The zero-order chi connectivity index (χ0) is 27.9. The summed E-state index contributed by atoms with van der Waals surface area (Å²) in [6.07, 6.45) is 3.39. The van der Waals surface area contributed by atoms with Crippen LogP contribution in [0.4, 0.5) is 17.1 Å². The third-order valence-electron chi connectivity index (χ3n) is 6.47. The molecule has 1 aromatic heterocycles. The van der Waals surface area contributed by atoms with Crippen LogP contribution in [0.3, 0.4) is 0 Å². The number of methoxy groups -OCH3 is 1. The van der Waals surface area contributed by atoms with Crippen LogP contribution in [0.15, 0.2) is 97.3 Å². The van der Waals surface area contributed by atoms with E-state index >= 15 is 0 Å². The van der Waals surface area contributed by atoms with E-state index in [4.69, 9.17) is 9.47 Å². The van der Waals surface area contributed by atoms with Gasteiger partial charge in [-0.05, 0) is 48.7 Å². The van der Waals surface area contributed by atoms with Gasteiger partial charge in [-0.2, -0.15) is 0 Å². The van der Waals surface area contributed by atoms with Crippen LogP contribution in [0, 0.1) is 0 Å². The molecule has 1 heterocycles. The fourth-order valence-corrected chi connectivity index (χ4v) is 4.61. The molecule has 4 aromatic carbocycles. The number of carbonyl (C=O) groups excluding carboxylic acids is 2. The maximum atomic E-state index is 12.7. The summed E-state index contributed by atoms with van der Waals surface area (Å²) in [6.45, 7) is 2.57. The van der Waals surface area contributed by atoms with Gasteiger partial charge in [0, 0.05) is 34.6 Å². The average molecular weight is 535 g/mol. The smallest absolute Gasteiger partial charge is 0.315 e. The number of nitrogens with zero attached hydrogens (tertiary/aromatic N) is 2. The number of esters is 1. The quantitative estimate of drug-likeness (QED) is 0.159. The number of hydrogen-bond donors (Lipinski definition) is 2. The van der Waals surface area contributed by atoms with Crippen LogP contribution in [0.5, 0.6) is 5.75 Å². The van der Waals surface area contributed by atoms with Crippen LogP contribution in [0.1, 0.15) is 18.9 Å². The van der Waals surface area contributed by atoms with E-state index < -0.39 is 11.9 Å². The lowest BCUT2D eigenvalue weighted by Gasteiger charge is -2.16. The molecule has 0 spiro atoms. The van der Waals surface area contributed by atoms with Gasteiger partial charge in [-0.25, -0.2) is 4.98 Å². The van der Waals surface area contributed by atoms with Gasteiger partial charge < -0.3 is 24.7 Å². The van der Waals surface area contributed by atoms with Crippen LogP contribution in [0.25, 0.3) is 22.2 Å². The Hall–Kier alpha value is -5.11. The summed E-state index contributed by atoms with van der Waals surface area (Å²) >= 11 is 0. The molecule has 0 aliphatic carbocycles. The van der Waals surface area contributed by atoms with E-state index in [0.717, 1.165) is 39.2 Å². The highest BCUT2D eigenvalue weighted by atomic mass is 16.5. The number of benzene rings is 4. The first-order valence-electron chi connectivity index (χ1n) is 13.0. The summed E-state index contributed by atoms with van der Waals surface area (Å²) in [6, 6.07) is 27.6. The van der Waals surface area contributed by atoms with Gasteiger partial charge in [0.2, 0.25) is 5.91 Å². The summed E-state index contributed by atoms with van der Waals surface area (Å²) in [4.78, 5) is 29.1. The Labute approximate surface area is 232 Å². The summed E-state index contributed by atoms with van der Waals surface area (Å²) in [5.74, 6) is 0.682. The van der Waals surface area contributed by atoms with E-state index in [1.165, 1.54) is 0 Å². The molecule has 5 aromatic rings. The Morgan fingerprint density at radius 2 is 1.70 bits per heavy atom. The number of anilines is 3. The second-order valence-corrected chi connectivity index (χ2v) is 9.13. The molecule has 0 aliphatic heterocycles. The monoisotopic (exact) mass is 534 g/mol. The maximum Gasteiger partial charge on any atom is 0.315 e. The molecule has 0 saturated heterocycles. The lowest BCUT2D eigenvalue weighted by atomic mass is 10.1. The van der Waals surface area contributed by atoms with Gasteiger partial charge in [0.25, 0.3) is 0 Å². The van der Waals surface area contributed by atoms with Crippen LogP contribution >= 0.6 is 0 Å². The van der Waals surface area contributed by atoms with E-state index in [-0.39, 0.29) is 13.0 Å². The van der Waals surface area contributed by atoms with Gasteiger partial charge in [0.1, 0.15) is 18.0 Å². The van der Waals surface area contributed by atoms with E-state index in [0.29, 0.717) is 17.9 Å². The minimum atomic E-state index is -0.561. The number of hydrogen-bond acceptors (Lipinski definition) is 6. The molecular weight excluding hydrogens is 504 g/mol. The van der Waals surface area contributed by atoms with Gasteiger partial charge >= 0.3 is 5.97 Å². The van der Waals surface area contributed by atoms with Crippen LogP contribution < -0.4 is 15.4 Å². The van der Waals surface area contributed by atoms with Crippen molar-refractivity contribution in [2.45, 2.75) is 19.9 Å². The minimum absolute atomic E-state index is 0.226. The van der Waals surface area contributed by atoms with Gasteiger partial charge in [0.15, 0.2) is 0 Å². The highest BCUT2D eigenvalue weighted by molar-refractivity contribution is 6.10. The Bertz CT molecular complexity index is 1640. The first-order valence-corrected chi connectivity index (χ1v) is 13.0. The predicted octanol–water partition coefficient (Wildman–Crippen LogP) is 6.40. The zero-order valence-corrected chi connectivity index (χ0v) is 22.4. The SMILES string of the molecule is CCOC(=O)CC(=O)Nc1c(Nc2ccc(-c3nccn3Cc3ccccc3OC)cc2)ccc2ccccc12. The Balaban J connectivity index is 1.38. The molecule has 202 valence electrons. The molecule has 0 radical (unpaired) electrons. The molecule has 5 rings (SSSR count). The van der Waals surface area contributed by atoms with Gasteiger partial charge in [0.05, 0.1) is 31.6 Å². The second-order valence-electron chi connectivity index (χ2n) is 9.13. The van der Waals surface area contributed by atoms with Crippen molar-refractivity contribution in [1.29, 1.82) is 0 Å². The van der Waals surface area contributed by atoms with Crippen molar-refractivity contribution in [1.82, 2.24) is 9.55 Å². The van der Waals surface area contributed by atoms with Crippen molar-refractivity contribution in [2.75, 3.05) is 24.4 Å². The van der Waals surface area contributed by atoms with Crippen molar-refractivity contribution in [3.05, 3.63) is 103 Å². The van der Waals surface area contributed by atoms with Crippen molar-refractivity contribution < 1.29 is 19.1 Å². The summed E-state index contributed by atoms with van der Waals surface area (Å²) in [7, 11) is 1.67. The van der Waals surface area contributed by atoms with Crippen molar-refractivity contribution in [2.24, 2.45) is 0 Å². The second kappa shape index (κ2) is 12.2. The van der Waals surface area contributed by atoms with Gasteiger partial charge in [-0.3, -0.25) is 9.59 Å². The number of ether oxygens (including phenoxy) is 2. The first-order chi connectivity index (χ1) is 19.6. The summed E-state index contributed by atoms with van der Waals surface area (Å²) in [5, 5.41) is 8.16. The highest BCUT2D eigenvalue weighted by Gasteiger charge is 2.16.